The quantitative estimate of drug-likeness (QED) is 0.565. The van der Waals surface area contributed by atoms with Crippen LogP contribution in [0.3, 0.4) is 0 Å². The number of nitrogens with one attached hydrogen (secondary N) is 1. The highest BCUT2D eigenvalue weighted by Gasteiger charge is 2.53. The molecule has 8 nitrogen and oxygen atoms in total. The van der Waals surface area contributed by atoms with Gasteiger partial charge in [-0.05, 0) is 85.8 Å². The number of hydrogen-bond acceptors (Lipinski definition) is 7. The number of fused-ring (bicyclic) bond motifs is 1. The van der Waals surface area contributed by atoms with Crippen LogP contribution < -0.4 is 14.8 Å². The van der Waals surface area contributed by atoms with E-state index in [2.05, 4.69) is 15.3 Å². The Hall–Kier alpha value is -2.87. The first-order valence-corrected chi connectivity index (χ1v) is 13.7. The first-order valence-electron chi connectivity index (χ1n) is 13.7. The second kappa shape index (κ2) is 9.78. The molecule has 1 atom stereocenters. The topological polar surface area (TPSA) is 96.8 Å². The number of amides is 1. The number of hydrogen-bond donors (Lipinski definition) is 2. The molecule has 0 saturated heterocycles. The van der Waals surface area contributed by atoms with E-state index in [4.69, 9.17) is 9.47 Å². The molecule has 1 unspecified atom stereocenters. The summed E-state index contributed by atoms with van der Waals surface area (Å²) in [6.07, 6.45) is 9.88. The Kier molecular flexibility index (Phi) is 6.47. The number of aromatic nitrogens is 2. The Morgan fingerprint density at radius 1 is 1.11 bits per heavy atom. The summed E-state index contributed by atoms with van der Waals surface area (Å²) < 4.78 is 10.7. The molecule has 37 heavy (non-hydrogen) atoms. The van der Waals surface area contributed by atoms with Crippen molar-refractivity contribution in [2.75, 3.05) is 32.6 Å². The summed E-state index contributed by atoms with van der Waals surface area (Å²) in [6.45, 7) is 1.62. The average Bonchev–Trinajstić information content (AvgIpc) is 2.90. The van der Waals surface area contributed by atoms with Gasteiger partial charge in [-0.1, -0.05) is 6.07 Å². The first kappa shape index (κ1) is 24.5. The number of carbonyl (C=O) groups is 1. The number of aliphatic hydroxyl groups excluding tert-OH is 1. The molecule has 4 bridgehead atoms. The molecule has 1 aliphatic heterocycles. The van der Waals surface area contributed by atoms with Crippen molar-refractivity contribution in [1.29, 1.82) is 0 Å². The van der Waals surface area contributed by atoms with Crippen LogP contribution in [0.5, 0.6) is 11.5 Å². The predicted octanol–water partition coefficient (Wildman–Crippen LogP) is 3.61. The maximum atomic E-state index is 13.1. The van der Waals surface area contributed by atoms with E-state index in [0.29, 0.717) is 44.0 Å². The minimum atomic E-state index is -0.352. The summed E-state index contributed by atoms with van der Waals surface area (Å²) in [5.41, 5.74) is 2.92. The minimum absolute atomic E-state index is 0.0585. The maximum Gasteiger partial charge on any atom is 0.227 e. The molecule has 4 aliphatic carbocycles. The molecular weight excluding hydrogens is 468 g/mol. The maximum absolute atomic E-state index is 13.1. The van der Waals surface area contributed by atoms with Gasteiger partial charge in [0.1, 0.15) is 12.1 Å². The van der Waals surface area contributed by atoms with Crippen molar-refractivity contribution in [2.45, 2.75) is 64.0 Å². The van der Waals surface area contributed by atoms with Crippen LogP contribution >= 0.6 is 0 Å². The molecule has 1 aromatic carbocycles. The fourth-order valence-electron chi connectivity index (χ4n) is 7.99. The van der Waals surface area contributed by atoms with Crippen LogP contribution in [0.4, 0.5) is 5.82 Å². The average molecular weight is 507 g/mol. The van der Waals surface area contributed by atoms with Gasteiger partial charge in [0.25, 0.3) is 0 Å². The van der Waals surface area contributed by atoms with E-state index in [0.717, 1.165) is 40.4 Å². The van der Waals surface area contributed by atoms with Gasteiger partial charge in [-0.15, -0.1) is 0 Å². The van der Waals surface area contributed by atoms with Gasteiger partial charge in [-0.3, -0.25) is 4.79 Å². The SMILES string of the molecule is COc1ccc(CC(=O)N2CCc3c(ncnc3NCC(O)C34CC5CC(CC(C5)C3)C4)C2)cc1OC. The third-order valence-electron chi connectivity index (χ3n) is 9.42. The van der Waals surface area contributed by atoms with Crippen molar-refractivity contribution >= 4 is 11.7 Å². The third-order valence-corrected chi connectivity index (χ3v) is 9.42. The van der Waals surface area contributed by atoms with Gasteiger partial charge in [0.05, 0.1) is 39.0 Å². The van der Waals surface area contributed by atoms with Gasteiger partial charge < -0.3 is 24.8 Å². The lowest BCUT2D eigenvalue weighted by atomic mass is 9.48. The van der Waals surface area contributed by atoms with Crippen molar-refractivity contribution in [3.63, 3.8) is 0 Å². The molecule has 0 spiro atoms. The van der Waals surface area contributed by atoms with Crippen LogP contribution in [-0.2, 0) is 24.2 Å². The van der Waals surface area contributed by atoms with Gasteiger partial charge in [-0.25, -0.2) is 9.97 Å². The molecule has 5 aliphatic rings. The number of ether oxygens (including phenoxy) is 2. The second-order valence-corrected chi connectivity index (χ2v) is 11.8. The lowest BCUT2D eigenvalue weighted by Gasteiger charge is -2.58. The molecule has 8 heteroatoms. The summed E-state index contributed by atoms with van der Waals surface area (Å²) in [6, 6.07) is 5.58. The third kappa shape index (κ3) is 4.65. The molecule has 4 fully saturated rings. The van der Waals surface area contributed by atoms with Crippen molar-refractivity contribution < 1.29 is 19.4 Å². The van der Waals surface area contributed by atoms with E-state index >= 15 is 0 Å². The summed E-state index contributed by atoms with van der Waals surface area (Å²) in [5, 5.41) is 14.8. The number of nitrogens with zero attached hydrogens (tertiary/aromatic N) is 3. The fourth-order valence-corrected chi connectivity index (χ4v) is 7.99. The largest absolute Gasteiger partial charge is 0.493 e. The van der Waals surface area contributed by atoms with E-state index in [1.165, 1.54) is 38.5 Å². The zero-order valence-electron chi connectivity index (χ0n) is 21.9. The molecule has 0 radical (unpaired) electrons. The van der Waals surface area contributed by atoms with Crippen LogP contribution in [0.15, 0.2) is 24.5 Å². The first-order chi connectivity index (χ1) is 18.0. The molecular formula is C29H38N4O4. The van der Waals surface area contributed by atoms with Gasteiger partial charge >= 0.3 is 0 Å². The van der Waals surface area contributed by atoms with E-state index < -0.39 is 0 Å². The minimum Gasteiger partial charge on any atom is -0.493 e. The molecule has 198 valence electrons. The van der Waals surface area contributed by atoms with Gasteiger partial charge in [0, 0.05) is 18.7 Å². The zero-order chi connectivity index (χ0) is 25.6. The normalized spacial score (nSPS) is 28.5. The molecule has 4 saturated carbocycles. The Morgan fingerprint density at radius 2 is 1.81 bits per heavy atom. The summed E-state index contributed by atoms with van der Waals surface area (Å²) in [4.78, 5) is 24.0. The van der Waals surface area contributed by atoms with E-state index in [9.17, 15) is 9.90 Å². The number of rotatable bonds is 8. The number of benzene rings is 1. The van der Waals surface area contributed by atoms with Crippen molar-refractivity contribution in [1.82, 2.24) is 14.9 Å². The van der Waals surface area contributed by atoms with E-state index in [-0.39, 0.29) is 17.4 Å². The highest BCUT2D eigenvalue weighted by molar-refractivity contribution is 5.79. The fraction of sp³-hybridized carbons (Fsp3) is 0.621. The number of methoxy groups -OCH3 is 2. The van der Waals surface area contributed by atoms with E-state index in [1.807, 2.05) is 23.1 Å². The molecule has 7 rings (SSSR count). The summed E-state index contributed by atoms with van der Waals surface area (Å²) in [5.74, 6) is 4.58. The van der Waals surface area contributed by atoms with Crippen molar-refractivity contribution in [2.24, 2.45) is 23.2 Å². The smallest absolute Gasteiger partial charge is 0.227 e. The Labute approximate surface area is 218 Å². The Bertz CT molecular complexity index is 1130. The van der Waals surface area contributed by atoms with Crippen LogP contribution in [0.1, 0.15) is 55.3 Å². The number of anilines is 1. The van der Waals surface area contributed by atoms with Gasteiger partial charge in [0.15, 0.2) is 11.5 Å². The Balaban J connectivity index is 1.09. The van der Waals surface area contributed by atoms with Crippen LogP contribution in [0, 0.1) is 23.2 Å². The Morgan fingerprint density at radius 3 is 2.49 bits per heavy atom. The summed E-state index contributed by atoms with van der Waals surface area (Å²) >= 11 is 0. The molecule has 2 heterocycles. The highest BCUT2D eigenvalue weighted by Crippen LogP contribution is 2.61. The lowest BCUT2D eigenvalue weighted by molar-refractivity contribution is -0.131. The number of carbonyl (C=O) groups excluding carboxylic acids is 1. The molecule has 1 amide bonds. The standard InChI is InChI=1S/C29H38N4O4/c1-36-24-4-3-18(10-25(24)37-2)11-27(35)33-6-5-22-23(16-33)31-17-32-28(22)30-15-26(34)29-12-19-7-20(13-29)9-21(8-19)14-29/h3-4,10,17,19-21,26,34H,5-9,11-16H2,1-2H3,(H,30,31,32). The van der Waals surface area contributed by atoms with Gasteiger partial charge in [-0.2, -0.15) is 0 Å². The zero-order valence-corrected chi connectivity index (χ0v) is 21.9. The van der Waals surface area contributed by atoms with Crippen molar-refractivity contribution in [3.8, 4) is 11.5 Å². The molecule has 1 aromatic heterocycles. The summed E-state index contributed by atoms with van der Waals surface area (Å²) in [7, 11) is 3.20. The predicted molar refractivity (Wildman–Crippen MR) is 140 cm³/mol. The van der Waals surface area contributed by atoms with Gasteiger partial charge in [0.2, 0.25) is 5.91 Å². The van der Waals surface area contributed by atoms with Crippen LogP contribution in [0.2, 0.25) is 0 Å². The van der Waals surface area contributed by atoms with E-state index in [1.54, 1.807) is 20.5 Å². The monoisotopic (exact) mass is 506 g/mol. The second-order valence-electron chi connectivity index (χ2n) is 11.8. The lowest BCUT2D eigenvalue weighted by Crippen LogP contribution is -2.53. The van der Waals surface area contributed by atoms with Crippen molar-refractivity contribution in [3.05, 3.63) is 41.3 Å². The number of aliphatic hydroxyl groups is 1. The van der Waals surface area contributed by atoms with Crippen LogP contribution in [-0.4, -0.2) is 59.3 Å². The van der Waals surface area contributed by atoms with Crippen LogP contribution in [0.25, 0.3) is 0 Å². The highest BCUT2D eigenvalue weighted by atomic mass is 16.5. The molecule has 2 aromatic rings. The molecule has 2 N–H and O–H groups in total.